The molecule has 8 heteroatoms. The van der Waals surface area contributed by atoms with Gasteiger partial charge in [-0.05, 0) is 61.9 Å². The van der Waals surface area contributed by atoms with Crippen LogP contribution >= 0.6 is 11.3 Å². The second kappa shape index (κ2) is 10.2. The van der Waals surface area contributed by atoms with Gasteiger partial charge < -0.3 is 9.64 Å². The van der Waals surface area contributed by atoms with Gasteiger partial charge in [-0.2, -0.15) is 0 Å². The molecule has 0 radical (unpaired) electrons. The number of carbonyl (C=O) groups excluding carboxylic acids is 1. The summed E-state index contributed by atoms with van der Waals surface area (Å²) in [6, 6.07) is 15.9. The zero-order chi connectivity index (χ0) is 26.4. The van der Waals surface area contributed by atoms with Crippen LogP contribution < -0.4 is 0 Å². The fourth-order valence-corrected chi connectivity index (χ4v) is 7.73. The Morgan fingerprint density at radius 2 is 1.84 bits per heavy atom. The number of fused-ring (bicyclic) bond motifs is 3. The van der Waals surface area contributed by atoms with Crippen molar-refractivity contribution in [1.29, 1.82) is 0 Å². The van der Waals surface area contributed by atoms with Gasteiger partial charge in [0.1, 0.15) is 6.61 Å². The van der Waals surface area contributed by atoms with Gasteiger partial charge in [-0.25, -0.2) is 18.6 Å². The third-order valence-electron chi connectivity index (χ3n) is 8.75. The van der Waals surface area contributed by atoms with Crippen LogP contribution in [0.3, 0.4) is 0 Å². The summed E-state index contributed by atoms with van der Waals surface area (Å²) in [4.78, 5) is 22.2. The van der Waals surface area contributed by atoms with Crippen molar-refractivity contribution in [2.45, 2.75) is 82.0 Å². The molecule has 2 aromatic carbocycles. The van der Waals surface area contributed by atoms with E-state index < -0.39 is 5.92 Å². The molecule has 0 spiro atoms. The number of ether oxygens (including phenoxy) is 1. The van der Waals surface area contributed by atoms with Gasteiger partial charge in [-0.3, -0.25) is 4.90 Å². The first-order chi connectivity index (χ1) is 18.3. The summed E-state index contributed by atoms with van der Waals surface area (Å²) in [5.74, 6) is -1.92. The lowest BCUT2D eigenvalue weighted by atomic mass is 9.77. The monoisotopic (exact) mass is 539 g/mol. The Morgan fingerprint density at radius 1 is 1.11 bits per heavy atom. The number of amides is 1. The summed E-state index contributed by atoms with van der Waals surface area (Å²) in [5, 5.41) is 1.06. The van der Waals surface area contributed by atoms with E-state index in [1.165, 1.54) is 0 Å². The van der Waals surface area contributed by atoms with Crippen molar-refractivity contribution in [3.63, 3.8) is 0 Å². The van der Waals surface area contributed by atoms with Crippen molar-refractivity contribution in [3.05, 3.63) is 64.7 Å². The van der Waals surface area contributed by atoms with Crippen molar-refractivity contribution in [2.24, 2.45) is 5.92 Å². The molecule has 3 saturated heterocycles. The SMILES string of the molecule is C[C@H]1CC[C@H](c2ccc3sc(C4CC5CC(F)(F)CC(C4)N5C)nc3c2)N(C(=O)OCc2ccccc2)C1. The highest BCUT2D eigenvalue weighted by Crippen LogP contribution is 2.47. The quantitative estimate of drug-likeness (QED) is 0.347. The molecule has 38 heavy (non-hydrogen) atoms. The van der Waals surface area contributed by atoms with Gasteiger partial charge in [0, 0.05) is 37.4 Å². The van der Waals surface area contributed by atoms with Gasteiger partial charge in [-0.1, -0.05) is 43.3 Å². The summed E-state index contributed by atoms with van der Waals surface area (Å²) in [5.41, 5.74) is 2.99. The Hall–Kier alpha value is -2.58. The maximum absolute atomic E-state index is 14.2. The summed E-state index contributed by atoms with van der Waals surface area (Å²) in [6.45, 7) is 3.11. The van der Waals surface area contributed by atoms with Gasteiger partial charge >= 0.3 is 6.09 Å². The van der Waals surface area contributed by atoms with E-state index in [0.717, 1.165) is 52.0 Å². The first-order valence-corrected chi connectivity index (χ1v) is 14.5. The highest BCUT2D eigenvalue weighted by molar-refractivity contribution is 7.18. The largest absolute Gasteiger partial charge is 0.445 e. The lowest BCUT2D eigenvalue weighted by molar-refractivity contribution is -0.113. The number of halogens is 2. The van der Waals surface area contributed by atoms with E-state index in [9.17, 15) is 13.6 Å². The van der Waals surface area contributed by atoms with Gasteiger partial charge in [-0.15, -0.1) is 11.3 Å². The van der Waals surface area contributed by atoms with Crippen molar-refractivity contribution < 1.29 is 18.3 Å². The maximum atomic E-state index is 14.2. The first-order valence-electron chi connectivity index (χ1n) is 13.7. The number of likely N-dealkylation sites (tertiary alicyclic amines) is 1. The molecule has 2 bridgehead atoms. The number of hydrogen-bond acceptors (Lipinski definition) is 5. The minimum atomic E-state index is -2.55. The van der Waals surface area contributed by atoms with E-state index in [1.54, 1.807) is 11.3 Å². The Balaban J connectivity index is 1.20. The van der Waals surface area contributed by atoms with Crippen LogP contribution in [0.5, 0.6) is 0 Å². The lowest BCUT2D eigenvalue weighted by Crippen LogP contribution is -2.55. The topological polar surface area (TPSA) is 45.7 Å². The smallest absolute Gasteiger partial charge is 0.410 e. The molecule has 0 N–H and O–H groups in total. The Morgan fingerprint density at radius 3 is 2.58 bits per heavy atom. The van der Waals surface area contributed by atoms with Gasteiger partial charge in [0.2, 0.25) is 0 Å². The average Bonchev–Trinajstić information content (AvgIpc) is 3.32. The summed E-state index contributed by atoms with van der Waals surface area (Å²) < 4.78 is 35.2. The number of hydrogen-bond donors (Lipinski definition) is 0. The van der Waals surface area contributed by atoms with Crippen LogP contribution in [0.25, 0.3) is 10.2 Å². The molecule has 4 atom stereocenters. The Labute approximate surface area is 226 Å². The minimum Gasteiger partial charge on any atom is -0.445 e. The molecule has 6 rings (SSSR count). The van der Waals surface area contributed by atoms with E-state index in [0.29, 0.717) is 12.5 Å². The third kappa shape index (κ3) is 5.17. The number of nitrogens with zero attached hydrogens (tertiary/aromatic N) is 3. The average molecular weight is 540 g/mol. The summed E-state index contributed by atoms with van der Waals surface area (Å²) in [6.07, 6.45) is 3.02. The van der Waals surface area contributed by atoms with Crippen molar-refractivity contribution in [3.8, 4) is 0 Å². The normalized spacial score (nSPS) is 29.4. The van der Waals surface area contributed by atoms with Crippen molar-refractivity contribution in [1.82, 2.24) is 14.8 Å². The molecule has 3 fully saturated rings. The van der Waals surface area contributed by atoms with Crippen LogP contribution in [0, 0.1) is 5.92 Å². The molecule has 2 unspecified atom stereocenters. The van der Waals surface area contributed by atoms with Crippen LogP contribution in [-0.4, -0.2) is 52.5 Å². The molecule has 4 heterocycles. The number of aromatic nitrogens is 1. The Bertz CT molecular complexity index is 1280. The molecule has 5 nitrogen and oxygen atoms in total. The van der Waals surface area contributed by atoms with E-state index in [1.807, 2.05) is 42.3 Å². The van der Waals surface area contributed by atoms with Crippen LogP contribution in [0.15, 0.2) is 48.5 Å². The molecular weight excluding hydrogens is 504 g/mol. The third-order valence-corrected chi connectivity index (χ3v) is 9.95. The second-order valence-electron chi connectivity index (χ2n) is 11.6. The van der Waals surface area contributed by atoms with Crippen LogP contribution in [0.4, 0.5) is 13.6 Å². The molecule has 1 amide bonds. The van der Waals surface area contributed by atoms with E-state index in [4.69, 9.17) is 9.72 Å². The predicted molar refractivity (Wildman–Crippen MR) is 146 cm³/mol. The minimum absolute atomic E-state index is 0.0473. The standard InChI is InChI=1S/C30H35F2N3O2S/c1-19-8-10-26(35(17-19)29(36)37-18-20-6-4-3-5-7-20)21-9-11-27-25(14-21)33-28(38-27)22-12-23-15-30(31,32)16-24(13-22)34(23)2/h3-7,9,11,14,19,22-24,26H,8,10,12-13,15-18H2,1-2H3/t19-,22?,23?,24?,26+/m0/s1. The highest BCUT2D eigenvalue weighted by Gasteiger charge is 2.48. The van der Waals surface area contributed by atoms with Crippen LogP contribution in [0.2, 0.25) is 0 Å². The number of piperidine rings is 3. The van der Waals surface area contributed by atoms with E-state index in [2.05, 4.69) is 30.0 Å². The second-order valence-corrected chi connectivity index (χ2v) is 12.6. The molecule has 1 aromatic heterocycles. The van der Waals surface area contributed by atoms with Gasteiger partial charge in [0.05, 0.1) is 21.3 Å². The molecular formula is C30H35F2N3O2S. The maximum Gasteiger partial charge on any atom is 0.410 e. The first kappa shape index (κ1) is 25.7. The van der Waals surface area contributed by atoms with Gasteiger partial charge in [0.25, 0.3) is 5.92 Å². The number of thiazole rings is 1. The number of alkyl halides is 2. The molecule has 3 aromatic rings. The van der Waals surface area contributed by atoms with Crippen molar-refractivity contribution >= 4 is 27.6 Å². The zero-order valence-electron chi connectivity index (χ0n) is 22.0. The number of rotatable bonds is 4. The van der Waals surface area contributed by atoms with E-state index >= 15 is 0 Å². The number of benzene rings is 2. The van der Waals surface area contributed by atoms with Crippen LogP contribution in [-0.2, 0) is 11.3 Å². The van der Waals surface area contributed by atoms with Gasteiger partial charge in [0.15, 0.2) is 0 Å². The fraction of sp³-hybridized carbons (Fsp3) is 0.533. The summed E-state index contributed by atoms with van der Waals surface area (Å²) in [7, 11) is 1.99. The predicted octanol–water partition coefficient (Wildman–Crippen LogP) is 7.38. The molecule has 0 aliphatic carbocycles. The molecule has 202 valence electrons. The Kier molecular flexibility index (Phi) is 6.89. The molecule has 3 aliphatic heterocycles. The summed E-state index contributed by atoms with van der Waals surface area (Å²) >= 11 is 1.69. The number of carbonyl (C=O) groups is 1. The molecule has 3 aliphatic rings. The lowest BCUT2D eigenvalue weighted by Gasteiger charge is -2.49. The zero-order valence-corrected chi connectivity index (χ0v) is 22.8. The van der Waals surface area contributed by atoms with Crippen LogP contribution in [0.1, 0.15) is 73.5 Å². The van der Waals surface area contributed by atoms with Crippen molar-refractivity contribution in [2.75, 3.05) is 13.6 Å². The fourth-order valence-electron chi connectivity index (χ4n) is 6.66. The van der Waals surface area contributed by atoms with E-state index in [-0.39, 0.29) is 49.6 Å². The highest BCUT2D eigenvalue weighted by atomic mass is 32.1. The molecule has 0 saturated carbocycles.